The van der Waals surface area contributed by atoms with Crippen molar-refractivity contribution in [2.24, 2.45) is 0 Å². The van der Waals surface area contributed by atoms with Crippen molar-refractivity contribution >= 4 is 23.9 Å². The minimum Gasteiger partial charge on any atom is -0.459 e. The van der Waals surface area contributed by atoms with Crippen LogP contribution in [0.5, 0.6) is 0 Å². The first-order valence-electron chi connectivity index (χ1n) is 11.6. The molecular weight excluding hydrogens is 444 g/mol. The summed E-state index contributed by atoms with van der Waals surface area (Å²) in [5.41, 5.74) is -0.528. The van der Waals surface area contributed by atoms with Gasteiger partial charge in [0.2, 0.25) is 0 Å². The maximum Gasteiger partial charge on any atom is 0.338 e. The molecule has 1 aromatic carbocycles. The fraction of sp³-hybridized carbons (Fsp3) is 0.583. The van der Waals surface area contributed by atoms with E-state index >= 15 is 0 Å². The van der Waals surface area contributed by atoms with Crippen LogP contribution in [0.4, 0.5) is 4.79 Å². The number of nitrogens with zero attached hydrogens (tertiary/aromatic N) is 2. The van der Waals surface area contributed by atoms with Crippen LogP contribution in [-0.2, 0) is 14.3 Å². The van der Waals surface area contributed by atoms with Crippen LogP contribution in [0.2, 0.25) is 0 Å². The first-order chi connectivity index (χ1) is 16.2. The lowest BCUT2D eigenvalue weighted by Crippen LogP contribution is -2.53. The summed E-state index contributed by atoms with van der Waals surface area (Å²) in [5, 5.41) is 19.9. The van der Waals surface area contributed by atoms with E-state index in [0.29, 0.717) is 19.3 Å². The number of hydrogen-bond acceptors (Lipinski definition) is 8. The van der Waals surface area contributed by atoms with E-state index in [1.54, 1.807) is 6.92 Å². The van der Waals surface area contributed by atoms with Crippen molar-refractivity contribution in [2.45, 2.75) is 63.2 Å². The van der Waals surface area contributed by atoms with Crippen molar-refractivity contribution in [1.29, 1.82) is 0 Å². The minimum atomic E-state index is -1.16. The van der Waals surface area contributed by atoms with Gasteiger partial charge in [0.1, 0.15) is 24.9 Å². The Balaban J connectivity index is 1.54. The number of β-amino-alcohol motifs (C(OH)–C–C–N with tert-alkyl or cyclic N) is 1. The Kier molecular flexibility index (Phi) is 8.27. The molecule has 1 spiro atoms. The van der Waals surface area contributed by atoms with E-state index in [1.165, 1.54) is 36.2 Å². The maximum absolute atomic E-state index is 12.8. The van der Waals surface area contributed by atoms with E-state index in [9.17, 15) is 29.4 Å². The van der Waals surface area contributed by atoms with E-state index in [4.69, 9.17) is 9.47 Å². The Morgan fingerprint density at radius 1 is 0.941 bits per heavy atom. The minimum absolute atomic E-state index is 0.112. The average molecular weight is 477 g/mol. The van der Waals surface area contributed by atoms with Crippen LogP contribution in [0, 0.1) is 0 Å². The van der Waals surface area contributed by atoms with Crippen LogP contribution in [0.1, 0.15) is 66.2 Å². The van der Waals surface area contributed by atoms with Crippen molar-refractivity contribution in [3.05, 3.63) is 35.4 Å². The Hall–Kier alpha value is -2.98. The third-order valence-corrected chi connectivity index (χ3v) is 6.45. The van der Waals surface area contributed by atoms with Crippen LogP contribution in [0.25, 0.3) is 0 Å². The summed E-state index contributed by atoms with van der Waals surface area (Å²) < 4.78 is 10.2. The van der Waals surface area contributed by atoms with Gasteiger partial charge in [-0.2, -0.15) is 0 Å². The molecule has 2 unspecified atom stereocenters. The molecule has 2 atom stereocenters. The summed E-state index contributed by atoms with van der Waals surface area (Å²) in [6, 6.07) is 5.16. The summed E-state index contributed by atoms with van der Waals surface area (Å²) >= 11 is 0. The molecule has 34 heavy (non-hydrogen) atoms. The second kappa shape index (κ2) is 11.0. The highest BCUT2D eigenvalue weighted by Crippen LogP contribution is 2.40. The molecule has 0 aromatic heterocycles. The molecule has 3 rings (SSSR count). The largest absolute Gasteiger partial charge is 0.459 e. The van der Waals surface area contributed by atoms with E-state index in [-0.39, 0.29) is 36.8 Å². The molecule has 3 amide bonds. The zero-order valence-corrected chi connectivity index (χ0v) is 19.6. The highest BCUT2D eigenvalue weighted by Gasteiger charge is 2.56. The Morgan fingerprint density at radius 2 is 1.44 bits per heavy atom. The summed E-state index contributed by atoms with van der Waals surface area (Å²) in [6.45, 7) is 1.19. The molecule has 2 fully saturated rings. The Labute approximate surface area is 198 Å². The maximum atomic E-state index is 12.8. The van der Waals surface area contributed by atoms with Gasteiger partial charge in [-0.1, -0.05) is 26.2 Å². The predicted molar refractivity (Wildman–Crippen MR) is 120 cm³/mol. The molecule has 1 saturated heterocycles. The van der Waals surface area contributed by atoms with Gasteiger partial charge >= 0.3 is 18.0 Å². The number of carbonyl (C=O) groups is 4. The summed E-state index contributed by atoms with van der Waals surface area (Å²) in [5.74, 6) is -1.56. The predicted octanol–water partition coefficient (Wildman–Crippen LogP) is 1.73. The lowest BCUT2D eigenvalue weighted by Gasteiger charge is -2.38. The number of benzene rings is 1. The molecule has 10 nitrogen and oxygen atoms in total. The van der Waals surface area contributed by atoms with Gasteiger partial charge in [0, 0.05) is 7.05 Å². The van der Waals surface area contributed by atoms with Crippen LogP contribution in [0.15, 0.2) is 24.3 Å². The molecule has 10 heteroatoms. The fourth-order valence-corrected chi connectivity index (χ4v) is 4.39. The number of hydrogen-bond donors (Lipinski definition) is 2. The van der Waals surface area contributed by atoms with Gasteiger partial charge in [0.05, 0.1) is 23.8 Å². The Bertz CT molecular complexity index is 910. The van der Waals surface area contributed by atoms with Crippen molar-refractivity contribution in [3.8, 4) is 0 Å². The van der Waals surface area contributed by atoms with Crippen LogP contribution < -0.4 is 0 Å². The molecule has 186 valence electrons. The lowest BCUT2D eigenvalue weighted by atomic mass is 9.80. The number of amides is 3. The molecule has 1 heterocycles. The van der Waals surface area contributed by atoms with Crippen LogP contribution >= 0.6 is 0 Å². The molecular formula is C24H32N2O8. The number of esters is 2. The quantitative estimate of drug-likeness (QED) is 0.407. The first-order valence-corrected chi connectivity index (χ1v) is 11.6. The second-order valence-corrected chi connectivity index (χ2v) is 8.84. The van der Waals surface area contributed by atoms with Crippen molar-refractivity contribution in [1.82, 2.24) is 9.80 Å². The first kappa shape index (κ1) is 25.6. The van der Waals surface area contributed by atoms with Crippen molar-refractivity contribution in [2.75, 3.05) is 26.8 Å². The summed E-state index contributed by atoms with van der Waals surface area (Å²) in [4.78, 5) is 52.2. The number of imide groups is 1. The lowest BCUT2D eigenvalue weighted by molar-refractivity contribution is -0.134. The molecule has 0 bridgehead atoms. The van der Waals surface area contributed by atoms with Crippen LogP contribution in [-0.4, -0.2) is 88.4 Å². The molecule has 1 aliphatic heterocycles. The highest BCUT2D eigenvalue weighted by atomic mass is 16.5. The van der Waals surface area contributed by atoms with E-state index in [1.807, 2.05) is 0 Å². The number of carbonyl (C=O) groups excluding carboxylic acids is 4. The zero-order valence-electron chi connectivity index (χ0n) is 19.6. The number of likely N-dealkylation sites (N-methyl/N-ethyl adjacent to an activating group) is 1. The Morgan fingerprint density at radius 3 is 1.94 bits per heavy atom. The van der Waals surface area contributed by atoms with E-state index in [2.05, 4.69) is 0 Å². The van der Waals surface area contributed by atoms with E-state index < -0.39 is 35.7 Å². The molecule has 1 aliphatic carbocycles. The van der Waals surface area contributed by atoms with Crippen LogP contribution in [0.3, 0.4) is 0 Å². The van der Waals surface area contributed by atoms with Gasteiger partial charge in [0.25, 0.3) is 5.91 Å². The topological polar surface area (TPSA) is 134 Å². The molecule has 1 aromatic rings. The van der Waals surface area contributed by atoms with Gasteiger partial charge in [-0.25, -0.2) is 14.4 Å². The smallest absolute Gasteiger partial charge is 0.338 e. The second-order valence-electron chi connectivity index (χ2n) is 8.84. The van der Waals surface area contributed by atoms with Gasteiger partial charge in [-0.3, -0.25) is 9.69 Å². The van der Waals surface area contributed by atoms with Gasteiger partial charge in [0.15, 0.2) is 0 Å². The fourth-order valence-electron chi connectivity index (χ4n) is 4.39. The van der Waals surface area contributed by atoms with Gasteiger partial charge in [-0.15, -0.1) is 0 Å². The van der Waals surface area contributed by atoms with Gasteiger partial charge < -0.3 is 24.6 Å². The standard InChI is InChI=1S/C24H32N2O8/c1-3-18(27)14-33-20(29)16-7-9-17(10-8-16)21(30)34-15-19(28)13-26-23(32)25(2)22(31)24(26)11-5-4-6-12-24/h7-10,18-19,27-28H,3-6,11-15H2,1-2H3. The number of aliphatic hydroxyl groups is 2. The zero-order chi connectivity index (χ0) is 24.9. The van der Waals surface area contributed by atoms with Gasteiger partial charge in [-0.05, 0) is 43.5 Å². The monoisotopic (exact) mass is 476 g/mol. The van der Waals surface area contributed by atoms with Crippen molar-refractivity contribution < 1.29 is 38.9 Å². The third kappa shape index (κ3) is 5.39. The molecule has 0 radical (unpaired) electrons. The molecule has 1 saturated carbocycles. The van der Waals surface area contributed by atoms with Crippen molar-refractivity contribution in [3.63, 3.8) is 0 Å². The summed E-state index contributed by atoms with van der Waals surface area (Å²) in [7, 11) is 1.44. The normalized spacial score (nSPS) is 19.3. The SMILES string of the molecule is CCC(O)COC(=O)c1ccc(C(=O)OCC(O)CN2C(=O)N(C)C(=O)C23CCCCC3)cc1. The summed E-state index contributed by atoms with van der Waals surface area (Å²) in [6.07, 6.45) is 2.34. The molecule has 2 N–H and O–H groups in total. The van der Waals surface area contributed by atoms with E-state index in [0.717, 1.165) is 24.2 Å². The number of urea groups is 1. The molecule has 2 aliphatic rings. The third-order valence-electron chi connectivity index (χ3n) is 6.45. The highest BCUT2D eigenvalue weighted by molar-refractivity contribution is 6.06. The number of rotatable bonds is 9. The average Bonchev–Trinajstić information content (AvgIpc) is 3.02. The number of ether oxygens (including phenoxy) is 2. The number of aliphatic hydroxyl groups excluding tert-OH is 2.